The molecule has 0 saturated heterocycles. The Morgan fingerprint density at radius 2 is 1.67 bits per heavy atom. The number of carbonyl (C=O) groups is 3. The summed E-state index contributed by atoms with van der Waals surface area (Å²) in [6.45, 7) is 1.67. The van der Waals surface area contributed by atoms with Crippen molar-refractivity contribution in [3.05, 3.63) is 0 Å². The van der Waals surface area contributed by atoms with E-state index in [0.29, 0.717) is 0 Å². The molecular formula is C11H20N4O3. The fourth-order valence-corrected chi connectivity index (χ4v) is 2.20. The van der Waals surface area contributed by atoms with Gasteiger partial charge in [-0.05, 0) is 32.6 Å². The number of rotatable bonds is 4. The molecule has 1 aliphatic rings. The second-order valence-corrected chi connectivity index (χ2v) is 4.69. The topological polar surface area (TPSA) is 127 Å². The highest BCUT2D eigenvalue weighted by Crippen LogP contribution is 2.24. The van der Waals surface area contributed by atoms with Crippen LogP contribution >= 0.6 is 0 Å². The molecule has 0 aromatic heterocycles. The third-order valence-corrected chi connectivity index (χ3v) is 3.25. The molecule has 1 rings (SSSR count). The van der Waals surface area contributed by atoms with E-state index in [-0.39, 0.29) is 17.9 Å². The van der Waals surface area contributed by atoms with Crippen molar-refractivity contribution in [2.75, 3.05) is 0 Å². The molecule has 7 heteroatoms. The van der Waals surface area contributed by atoms with Crippen LogP contribution in [-0.2, 0) is 9.59 Å². The maximum atomic E-state index is 11.5. The summed E-state index contributed by atoms with van der Waals surface area (Å²) in [6.07, 6.45) is 3.05. The Bertz CT molecular complexity index is 337. The van der Waals surface area contributed by atoms with Crippen LogP contribution in [0.15, 0.2) is 0 Å². The van der Waals surface area contributed by atoms with Gasteiger partial charge in [-0.2, -0.15) is 0 Å². The Hall–Kier alpha value is -1.63. The van der Waals surface area contributed by atoms with Crippen molar-refractivity contribution in [1.82, 2.24) is 10.6 Å². The summed E-state index contributed by atoms with van der Waals surface area (Å²) in [5, 5.41) is 5.13. The molecule has 1 aliphatic carbocycles. The van der Waals surface area contributed by atoms with Gasteiger partial charge in [0.25, 0.3) is 0 Å². The number of amides is 4. The van der Waals surface area contributed by atoms with Crippen LogP contribution in [0.4, 0.5) is 4.79 Å². The summed E-state index contributed by atoms with van der Waals surface area (Å²) in [7, 11) is 0. The standard InChI is InChI=1S/C11H20N4O3/c1-6(10(17)15-11(13)18)14-8-4-2-7(3-5-8)9(12)16/h6-8,14H,2-5H2,1H3,(H2,12,16)(H3,13,15,17,18). The van der Waals surface area contributed by atoms with Gasteiger partial charge in [-0.1, -0.05) is 0 Å². The molecule has 6 N–H and O–H groups in total. The fraction of sp³-hybridized carbons (Fsp3) is 0.727. The van der Waals surface area contributed by atoms with E-state index in [2.05, 4.69) is 5.32 Å². The maximum Gasteiger partial charge on any atom is 0.318 e. The van der Waals surface area contributed by atoms with Crippen molar-refractivity contribution < 1.29 is 14.4 Å². The van der Waals surface area contributed by atoms with Gasteiger partial charge in [0.15, 0.2) is 0 Å². The minimum atomic E-state index is -0.855. The predicted octanol–water partition coefficient (Wildman–Crippen LogP) is -0.796. The summed E-state index contributed by atoms with van der Waals surface area (Å²) < 4.78 is 0. The summed E-state index contributed by atoms with van der Waals surface area (Å²) in [5.74, 6) is -0.759. The predicted molar refractivity (Wildman–Crippen MR) is 65.3 cm³/mol. The second-order valence-electron chi connectivity index (χ2n) is 4.69. The first-order valence-corrected chi connectivity index (χ1v) is 6.05. The zero-order valence-electron chi connectivity index (χ0n) is 10.4. The molecule has 7 nitrogen and oxygen atoms in total. The van der Waals surface area contributed by atoms with E-state index in [1.807, 2.05) is 5.32 Å². The van der Waals surface area contributed by atoms with Crippen LogP contribution in [0, 0.1) is 5.92 Å². The molecule has 1 unspecified atom stereocenters. The van der Waals surface area contributed by atoms with Gasteiger partial charge in [-0.25, -0.2) is 4.79 Å². The van der Waals surface area contributed by atoms with E-state index in [4.69, 9.17) is 11.5 Å². The molecule has 18 heavy (non-hydrogen) atoms. The number of nitrogens with two attached hydrogens (primary N) is 2. The lowest BCUT2D eigenvalue weighted by molar-refractivity contribution is -0.124. The zero-order chi connectivity index (χ0) is 13.7. The van der Waals surface area contributed by atoms with Crippen molar-refractivity contribution in [2.45, 2.75) is 44.7 Å². The van der Waals surface area contributed by atoms with Crippen LogP contribution in [0.1, 0.15) is 32.6 Å². The average molecular weight is 256 g/mol. The number of primary amides is 2. The van der Waals surface area contributed by atoms with Gasteiger partial charge in [0.05, 0.1) is 6.04 Å². The molecule has 0 spiro atoms. The number of hydrogen-bond acceptors (Lipinski definition) is 4. The Morgan fingerprint density at radius 3 is 2.11 bits per heavy atom. The molecule has 0 heterocycles. The van der Waals surface area contributed by atoms with Crippen LogP contribution in [0.3, 0.4) is 0 Å². The van der Waals surface area contributed by atoms with Gasteiger partial charge in [0.1, 0.15) is 0 Å². The van der Waals surface area contributed by atoms with Crippen LogP contribution in [0.5, 0.6) is 0 Å². The quantitative estimate of drug-likeness (QED) is 0.525. The third-order valence-electron chi connectivity index (χ3n) is 3.25. The highest BCUT2D eigenvalue weighted by Gasteiger charge is 2.26. The van der Waals surface area contributed by atoms with Crippen molar-refractivity contribution in [2.24, 2.45) is 17.4 Å². The van der Waals surface area contributed by atoms with E-state index >= 15 is 0 Å². The smallest absolute Gasteiger partial charge is 0.318 e. The highest BCUT2D eigenvalue weighted by molar-refractivity contribution is 5.96. The molecule has 1 atom stereocenters. The van der Waals surface area contributed by atoms with Gasteiger partial charge >= 0.3 is 6.03 Å². The highest BCUT2D eigenvalue weighted by atomic mass is 16.2. The first-order chi connectivity index (χ1) is 8.40. The number of nitrogens with one attached hydrogen (secondary N) is 2. The molecule has 0 aromatic rings. The second kappa shape index (κ2) is 6.34. The number of imide groups is 1. The Kier molecular flexibility index (Phi) is 5.08. The minimum absolute atomic E-state index is 0.0576. The lowest BCUT2D eigenvalue weighted by atomic mass is 9.85. The summed E-state index contributed by atoms with van der Waals surface area (Å²) >= 11 is 0. The normalized spacial score (nSPS) is 25.2. The summed E-state index contributed by atoms with van der Waals surface area (Å²) in [4.78, 5) is 33.0. The third kappa shape index (κ3) is 4.33. The largest absolute Gasteiger partial charge is 0.369 e. The van der Waals surface area contributed by atoms with Crippen molar-refractivity contribution in [3.8, 4) is 0 Å². The Balaban J connectivity index is 2.34. The molecular weight excluding hydrogens is 236 g/mol. The van der Waals surface area contributed by atoms with E-state index in [9.17, 15) is 14.4 Å². The van der Waals surface area contributed by atoms with Gasteiger partial charge in [0.2, 0.25) is 11.8 Å². The summed E-state index contributed by atoms with van der Waals surface area (Å²) in [5.41, 5.74) is 10.1. The van der Waals surface area contributed by atoms with Crippen molar-refractivity contribution in [1.29, 1.82) is 0 Å². The molecule has 0 radical (unpaired) electrons. The first kappa shape index (κ1) is 14.4. The molecule has 0 aromatic carbocycles. The van der Waals surface area contributed by atoms with E-state index < -0.39 is 18.0 Å². The Morgan fingerprint density at radius 1 is 1.11 bits per heavy atom. The molecule has 4 amide bonds. The van der Waals surface area contributed by atoms with Crippen molar-refractivity contribution in [3.63, 3.8) is 0 Å². The number of urea groups is 1. The van der Waals surface area contributed by atoms with Crippen LogP contribution in [-0.4, -0.2) is 29.9 Å². The fourth-order valence-electron chi connectivity index (χ4n) is 2.20. The van der Waals surface area contributed by atoms with Crippen LogP contribution in [0.2, 0.25) is 0 Å². The van der Waals surface area contributed by atoms with Crippen LogP contribution < -0.4 is 22.1 Å². The van der Waals surface area contributed by atoms with Crippen molar-refractivity contribution >= 4 is 17.8 Å². The maximum absolute atomic E-state index is 11.5. The number of hydrogen-bond donors (Lipinski definition) is 4. The van der Waals surface area contributed by atoms with E-state index in [1.54, 1.807) is 6.92 Å². The first-order valence-electron chi connectivity index (χ1n) is 6.05. The van der Waals surface area contributed by atoms with Gasteiger partial charge in [-0.15, -0.1) is 0 Å². The molecule has 102 valence electrons. The molecule has 0 bridgehead atoms. The van der Waals surface area contributed by atoms with Gasteiger partial charge in [-0.3, -0.25) is 14.9 Å². The molecule has 1 fully saturated rings. The zero-order valence-corrected chi connectivity index (χ0v) is 10.4. The van der Waals surface area contributed by atoms with E-state index in [1.165, 1.54) is 0 Å². The minimum Gasteiger partial charge on any atom is -0.369 e. The average Bonchev–Trinajstić information content (AvgIpc) is 2.28. The lowest BCUT2D eigenvalue weighted by Crippen LogP contribution is -2.50. The SMILES string of the molecule is CC(NC1CCC(C(N)=O)CC1)C(=O)NC(N)=O. The summed E-state index contributed by atoms with van der Waals surface area (Å²) in [6, 6.07) is -1.19. The van der Waals surface area contributed by atoms with Gasteiger partial charge in [0, 0.05) is 12.0 Å². The monoisotopic (exact) mass is 256 g/mol. The molecule has 0 aliphatic heterocycles. The van der Waals surface area contributed by atoms with Gasteiger partial charge < -0.3 is 16.8 Å². The van der Waals surface area contributed by atoms with Crippen LogP contribution in [0.25, 0.3) is 0 Å². The number of carbonyl (C=O) groups excluding carboxylic acids is 3. The Labute approximate surface area is 106 Å². The lowest BCUT2D eigenvalue weighted by Gasteiger charge is -2.29. The molecule has 1 saturated carbocycles. The van der Waals surface area contributed by atoms with E-state index in [0.717, 1.165) is 25.7 Å².